The average Bonchev–Trinajstić information content (AvgIpc) is 3.05. The van der Waals surface area contributed by atoms with E-state index in [1.807, 2.05) is 13.8 Å². The molecule has 2 bridgehead atoms. The molecule has 2 aliphatic rings. The number of fused-ring (bicyclic) bond motifs is 2. The molecule has 0 radical (unpaired) electrons. The lowest BCUT2D eigenvalue weighted by Gasteiger charge is -2.28. The molecule has 2 aliphatic carbocycles. The van der Waals surface area contributed by atoms with E-state index < -0.39 is 0 Å². The second-order valence-electron chi connectivity index (χ2n) is 6.56. The van der Waals surface area contributed by atoms with E-state index in [2.05, 4.69) is 22.3 Å². The van der Waals surface area contributed by atoms with Crippen molar-refractivity contribution < 1.29 is 4.79 Å². The molecule has 1 heterocycles. The van der Waals surface area contributed by atoms with Crippen LogP contribution in [-0.2, 0) is 11.3 Å². The van der Waals surface area contributed by atoms with Gasteiger partial charge in [0, 0.05) is 6.04 Å². The first-order valence-corrected chi connectivity index (χ1v) is 7.70. The first-order chi connectivity index (χ1) is 9.52. The Balaban J connectivity index is 1.55. The monoisotopic (exact) mass is 276 g/mol. The summed E-state index contributed by atoms with van der Waals surface area (Å²) in [4.78, 5) is 16.4. The van der Waals surface area contributed by atoms with Gasteiger partial charge < -0.3 is 5.32 Å². The predicted octanol–water partition coefficient (Wildman–Crippen LogP) is 1.84. The van der Waals surface area contributed by atoms with Gasteiger partial charge in [0.25, 0.3) is 0 Å². The number of nitrogens with zero attached hydrogens (tertiary/aromatic N) is 3. The lowest BCUT2D eigenvalue weighted by Crippen LogP contribution is -2.41. The molecular formula is C15H24N4O. The van der Waals surface area contributed by atoms with Crippen LogP contribution >= 0.6 is 0 Å². The third-order valence-electron chi connectivity index (χ3n) is 5.08. The fraction of sp³-hybridized carbons (Fsp3) is 0.800. The molecule has 110 valence electrons. The van der Waals surface area contributed by atoms with Gasteiger partial charge in [0.1, 0.15) is 18.2 Å². The molecule has 5 heteroatoms. The Bertz CT molecular complexity index is 510. The van der Waals surface area contributed by atoms with Gasteiger partial charge in [0.2, 0.25) is 5.91 Å². The summed E-state index contributed by atoms with van der Waals surface area (Å²) in [6.07, 6.45) is 5.44. The predicted molar refractivity (Wildman–Crippen MR) is 76.0 cm³/mol. The van der Waals surface area contributed by atoms with Gasteiger partial charge in [-0.1, -0.05) is 6.42 Å². The maximum Gasteiger partial charge on any atom is 0.242 e. The minimum atomic E-state index is 0.0493. The third kappa shape index (κ3) is 2.58. The zero-order chi connectivity index (χ0) is 14.3. The van der Waals surface area contributed by atoms with E-state index in [0.717, 1.165) is 23.5 Å². The lowest BCUT2D eigenvalue weighted by atomic mass is 9.84. The van der Waals surface area contributed by atoms with Crippen molar-refractivity contribution in [1.29, 1.82) is 0 Å². The molecule has 0 spiro atoms. The van der Waals surface area contributed by atoms with E-state index in [4.69, 9.17) is 0 Å². The van der Waals surface area contributed by atoms with Crippen molar-refractivity contribution in [3.8, 4) is 0 Å². The minimum absolute atomic E-state index is 0.0493. The van der Waals surface area contributed by atoms with Crippen LogP contribution in [0.15, 0.2) is 0 Å². The molecule has 5 nitrogen and oxygen atoms in total. The minimum Gasteiger partial charge on any atom is -0.352 e. The SMILES string of the molecule is Cc1nc(C)n(CC(=O)NC(C)C2CC3CCC2C3)n1. The van der Waals surface area contributed by atoms with Gasteiger partial charge >= 0.3 is 0 Å². The highest BCUT2D eigenvalue weighted by atomic mass is 16.2. The molecule has 1 aromatic heterocycles. The van der Waals surface area contributed by atoms with Crippen LogP contribution in [-0.4, -0.2) is 26.7 Å². The Morgan fingerprint density at radius 2 is 2.20 bits per heavy atom. The number of aromatic nitrogens is 3. The molecule has 2 saturated carbocycles. The second kappa shape index (κ2) is 5.19. The topological polar surface area (TPSA) is 59.8 Å². The fourth-order valence-electron chi connectivity index (χ4n) is 4.16. The molecule has 0 aliphatic heterocycles. The smallest absolute Gasteiger partial charge is 0.242 e. The molecule has 3 rings (SSSR count). The Morgan fingerprint density at radius 1 is 1.40 bits per heavy atom. The Kier molecular flexibility index (Phi) is 3.52. The molecule has 4 atom stereocenters. The fourth-order valence-corrected chi connectivity index (χ4v) is 4.16. The van der Waals surface area contributed by atoms with Crippen molar-refractivity contribution in [1.82, 2.24) is 20.1 Å². The summed E-state index contributed by atoms with van der Waals surface area (Å²) in [5, 5.41) is 7.40. The van der Waals surface area contributed by atoms with Gasteiger partial charge in [-0.3, -0.25) is 4.79 Å². The maximum absolute atomic E-state index is 12.1. The summed E-state index contributed by atoms with van der Waals surface area (Å²) in [5.41, 5.74) is 0. The highest BCUT2D eigenvalue weighted by Gasteiger charge is 2.42. The summed E-state index contributed by atoms with van der Waals surface area (Å²) in [7, 11) is 0. The average molecular weight is 276 g/mol. The molecule has 4 unspecified atom stereocenters. The number of carbonyl (C=O) groups is 1. The van der Waals surface area contributed by atoms with Crippen LogP contribution in [0.2, 0.25) is 0 Å². The van der Waals surface area contributed by atoms with Crippen molar-refractivity contribution >= 4 is 5.91 Å². The molecule has 20 heavy (non-hydrogen) atoms. The Hall–Kier alpha value is -1.39. The highest BCUT2D eigenvalue weighted by molar-refractivity contribution is 5.76. The van der Waals surface area contributed by atoms with E-state index in [0.29, 0.717) is 5.92 Å². The van der Waals surface area contributed by atoms with E-state index in [9.17, 15) is 4.79 Å². The number of amides is 1. The van der Waals surface area contributed by atoms with Crippen LogP contribution in [0.25, 0.3) is 0 Å². The molecule has 0 saturated heterocycles. The van der Waals surface area contributed by atoms with Crippen LogP contribution in [0.3, 0.4) is 0 Å². The molecule has 1 amide bonds. The summed E-state index contributed by atoms with van der Waals surface area (Å²) in [5.74, 6) is 4.00. The van der Waals surface area contributed by atoms with Gasteiger partial charge in [-0.25, -0.2) is 9.67 Å². The lowest BCUT2D eigenvalue weighted by molar-refractivity contribution is -0.123. The van der Waals surface area contributed by atoms with Crippen molar-refractivity contribution in [3.05, 3.63) is 11.6 Å². The summed E-state index contributed by atoms with van der Waals surface area (Å²) < 4.78 is 1.68. The molecule has 1 N–H and O–H groups in total. The second-order valence-corrected chi connectivity index (χ2v) is 6.56. The van der Waals surface area contributed by atoms with Gasteiger partial charge in [0.05, 0.1) is 0 Å². The van der Waals surface area contributed by atoms with Crippen molar-refractivity contribution in [3.63, 3.8) is 0 Å². The quantitative estimate of drug-likeness (QED) is 0.912. The largest absolute Gasteiger partial charge is 0.352 e. The number of carbonyl (C=O) groups excluding carboxylic acids is 1. The molecule has 0 aromatic carbocycles. The molecular weight excluding hydrogens is 252 g/mol. The first kappa shape index (κ1) is 13.6. The zero-order valence-electron chi connectivity index (χ0n) is 12.6. The normalized spacial score (nSPS) is 29.6. The number of aryl methyl sites for hydroxylation is 2. The van der Waals surface area contributed by atoms with E-state index in [1.54, 1.807) is 4.68 Å². The highest BCUT2D eigenvalue weighted by Crippen LogP contribution is 2.49. The van der Waals surface area contributed by atoms with Crippen LogP contribution in [0.5, 0.6) is 0 Å². The first-order valence-electron chi connectivity index (χ1n) is 7.70. The van der Waals surface area contributed by atoms with Gasteiger partial charge in [0.15, 0.2) is 0 Å². The van der Waals surface area contributed by atoms with Crippen molar-refractivity contribution in [2.45, 2.75) is 59.0 Å². The maximum atomic E-state index is 12.1. The van der Waals surface area contributed by atoms with Crippen LogP contribution < -0.4 is 5.32 Å². The number of rotatable bonds is 4. The Labute approximate surface area is 120 Å². The molecule has 2 fully saturated rings. The van der Waals surface area contributed by atoms with E-state index in [1.165, 1.54) is 25.7 Å². The number of hydrogen-bond donors (Lipinski definition) is 1. The van der Waals surface area contributed by atoms with Crippen LogP contribution in [0, 0.1) is 31.6 Å². The summed E-state index contributed by atoms with van der Waals surface area (Å²) >= 11 is 0. The van der Waals surface area contributed by atoms with Crippen molar-refractivity contribution in [2.75, 3.05) is 0 Å². The van der Waals surface area contributed by atoms with Crippen molar-refractivity contribution in [2.24, 2.45) is 17.8 Å². The van der Waals surface area contributed by atoms with E-state index >= 15 is 0 Å². The standard InChI is InChI=1S/C15H24N4O/c1-9(14-7-12-4-5-13(14)6-12)16-15(20)8-19-11(3)17-10(2)18-19/h9,12-14H,4-8H2,1-3H3,(H,16,20). The summed E-state index contributed by atoms with van der Waals surface area (Å²) in [6, 6.07) is 0.280. The number of nitrogens with one attached hydrogen (secondary N) is 1. The number of hydrogen-bond acceptors (Lipinski definition) is 3. The summed E-state index contributed by atoms with van der Waals surface area (Å²) in [6.45, 7) is 6.16. The van der Waals surface area contributed by atoms with Crippen LogP contribution in [0.1, 0.15) is 44.3 Å². The third-order valence-corrected chi connectivity index (χ3v) is 5.08. The van der Waals surface area contributed by atoms with Gasteiger partial charge in [-0.15, -0.1) is 0 Å². The van der Waals surface area contributed by atoms with Gasteiger partial charge in [-0.05, 0) is 57.8 Å². The molecule has 1 aromatic rings. The Morgan fingerprint density at radius 3 is 2.75 bits per heavy atom. The van der Waals surface area contributed by atoms with Gasteiger partial charge in [-0.2, -0.15) is 5.10 Å². The van der Waals surface area contributed by atoms with E-state index in [-0.39, 0.29) is 18.5 Å². The van der Waals surface area contributed by atoms with Crippen LogP contribution in [0.4, 0.5) is 0 Å². The zero-order valence-corrected chi connectivity index (χ0v) is 12.6.